The van der Waals surface area contributed by atoms with Crippen LogP contribution in [0.4, 0.5) is 0 Å². The molecular weight excluding hydrogens is 348 g/mol. The van der Waals surface area contributed by atoms with E-state index < -0.39 is 0 Å². The van der Waals surface area contributed by atoms with Crippen molar-refractivity contribution in [3.8, 4) is 0 Å². The van der Waals surface area contributed by atoms with Crippen LogP contribution in [0.15, 0.2) is 29.3 Å². The van der Waals surface area contributed by atoms with Crippen LogP contribution in [0.5, 0.6) is 0 Å². The maximum absolute atomic E-state index is 11.9. The van der Waals surface area contributed by atoms with Crippen molar-refractivity contribution in [3.05, 3.63) is 35.4 Å². The van der Waals surface area contributed by atoms with Gasteiger partial charge in [-0.25, -0.2) is 4.99 Å². The molecule has 1 saturated heterocycles. The molecule has 28 heavy (non-hydrogen) atoms. The van der Waals surface area contributed by atoms with Gasteiger partial charge in [-0.15, -0.1) is 0 Å². The number of guanidine groups is 1. The first kappa shape index (κ1) is 22.3. The van der Waals surface area contributed by atoms with E-state index in [0.717, 1.165) is 32.0 Å². The topological polar surface area (TPSA) is 56.7 Å². The van der Waals surface area contributed by atoms with E-state index in [0.29, 0.717) is 25.4 Å². The van der Waals surface area contributed by atoms with Gasteiger partial charge in [-0.2, -0.15) is 0 Å². The van der Waals surface area contributed by atoms with Gasteiger partial charge < -0.3 is 15.5 Å². The average Bonchev–Trinajstić information content (AvgIpc) is 3.11. The highest BCUT2D eigenvalue weighted by molar-refractivity contribution is 5.79. The summed E-state index contributed by atoms with van der Waals surface area (Å²) in [6, 6.07) is 8.45. The molecule has 0 bridgehead atoms. The van der Waals surface area contributed by atoms with Gasteiger partial charge in [-0.3, -0.25) is 4.79 Å². The second-order valence-corrected chi connectivity index (χ2v) is 7.73. The Morgan fingerprint density at radius 3 is 2.71 bits per heavy atom. The Balaban J connectivity index is 1.92. The lowest BCUT2D eigenvalue weighted by atomic mass is 9.99. The molecule has 2 N–H and O–H groups in total. The van der Waals surface area contributed by atoms with Crippen LogP contribution in [0, 0.1) is 5.92 Å². The molecule has 1 fully saturated rings. The van der Waals surface area contributed by atoms with Crippen LogP contribution in [0.3, 0.4) is 0 Å². The lowest BCUT2D eigenvalue weighted by Crippen LogP contribution is -2.39. The Morgan fingerprint density at radius 1 is 1.21 bits per heavy atom. The number of nitrogens with one attached hydrogen (secondary N) is 2. The summed E-state index contributed by atoms with van der Waals surface area (Å²) in [7, 11) is 0. The number of hydrogen-bond donors (Lipinski definition) is 2. The van der Waals surface area contributed by atoms with Gasteiger partial charge in [-0.05, 0) is 36.8 Å². The van der Waals surface area contributed by atoms with Crippen molar-refractivity contribution >= 4 is 11.9 Å². The minimum atomic E-state index is 0.274. The van der Waals surface area contributed by atoms with Crippen molar-refractivity contribution in [3.63, 3.8) is 0 Å². The molecule has 0 aliphatic carbocycles. The molecule has 1 aromatic rings. The zero-order valence-electron chi connectivity index (χ0n) is 18.0. The first-order chi connectivity index (χ1) is 13.7. The third-order valence-corrected chi connectivity index (χ3v) is 5.40. The standard InChI is InChI=1S/C23H38N4O/c1-4-7-10-19(5-2)16-25-23(24-6-3)26-17-20-11-8-12-21(15-20)18-27-14-9-13-22(27)28/h8,11-12,15,19H,4-7,9-10,13-14,16-18H2,1-3H3,(H2,24,25,26). The summed E-state index contributed by atoms with van der Waals surface area (Å²) >= 11 is 0. The number of nitrogens with zero attached hydrogens (tertiary/aromatic N) is 2. The monoisotopic (exact) mass is 386 g/mol. The van der Waals surface area contributed by atoms with Crippen molar-refractivity contribution in [1.29, 1.82) is 0 Å². The summed E-state index contributed by atoms with van der Waals surface area (Å²) in [5.41, 5.74) is 2.37. The summed E-state index contributed by atoms with van der Waals surface area (Å²) in [4.78, 5) is 18.6. The SMILES string of the molecule is CCCCC(CC)CNC(=NCc1cccc(CN2CCCC2=O)c1)NCC. The minimum absolute atomic E-state index is 0.274. The highest BCUT2D eigenvalue weighted by Crippen LogP contribution is 2.15. The molecule has 5 heteroatoms. The fourth-order valence-electron chi connectivity index (χ4n) is 3.61. The number of unbranched alkanes of at least 4 members (excludes halogenated alkanes) is 1. The molecule has 1 aliphatic heterocycles. The second kappa shape index (κ2) is 12.4. The van der Waals surface area contributed by atoms with E-state index in [2.05, 4.69) is 55.7 Å². The molecule has 2 rings (SSSR count). The molecule has 5 nitrogen and oxygen atoms in total. The largest absolute Gasteiger partial charge is 0.357 e. The Kier molecular flexibility index (Phi) is 9.87. The van der Waals surface area contributed by atoms with E-state index >= 15 is 0 Å². The van der Waals surface area contributed by atoms with Crippen LogP contribution in [0.2, 0.25) is 0 Å². The molecule has 1 unspecified atom stereocenters. The van der Waals surface area contributed by atoms with Crippen molar-refractivity contribution < 1.29 is 4.79 Å². The van der Waals surface area contributed by atoms with E-state index in [4.69, 9.17) is 4.99 Å². The number of likely N-dealkylation sites (tertiary alicyclic amines) is 1. The summed E-state index contributed by atoms with van der Waals surface area (Å²) in [6.45, 7) is 10.7. The van der Waals surface area contributed by atoms with E-state index in [9.17, 15) is 4.79 Å². The first-order valence-corrected chi connectivity index (χ1v) is 11.0. The third kappa shape index (κ3) is 7.53. The molecule has 1 aliphatic rings. The predicted octanol–water partition coefficient (Wildman–Crippen LogP) is 4.08. The van der Waals surface area contributed by atoms with Gasteiger partial charge in [0.15, 0.2) is 5.96 Å². The number of rotatable bonds is 11. The molecule has 0 aromatic heterocycles. The number of carbonyl (C=O) groups is 1. The smallest absolute Gasteiger partial charge is 0.222 e. The van der Waals surface area contributed by atoms with Crippen molar-refractivity contribution in [1.82, 2.24) is 15.5 Å². The highest BCUT2D eigenvalue weighted by atomic mass is 16.2. The highest BCUT2D eigenvalue weighted by Gasteiger charge is 2.19. The van der Waals surface area contributed by atoms with Crippen molar-refractivity contribution in [2.75, 3.05) is 19.6 Å². The molecule has 156 valence electrons. The fraction of sp³-hybridized carbons (Fsp3) is 0.652. The molecule has 1 aromatic carbocycles. The number of amides is 1. The van der Waals surface area contributed by atoms with Gasteiger partial charge in [0, 0.05) is 32.6 Å². The molecule has 1 heterocycles. The van der Waals surface area contributed by atoms with Crippen molar-refractivity contribution in [2.24, 2.45) is 10.9 Å². The van der Waals surface area contributed by atoms with Crippen LogP contribution >= 0.6 is 0 Å². The maximum atomic E-state index is 11.9. The first-order valence-electron chi connectivity index (χ1n) is 11.0. The molecule has 0 saturated carbocycles. The van der Waals surface area contributed by atoms with E-state index in [-0.39, 0.29) is 5.91 Å². The molecule has 1 amide bonds. The predicted molar refractivity (Wildman–Crippen MR) is 117 cm³/mol. The van der Waals surface area contributed by atoms with Gasteiger partial charge >= 0.3 is 0 Å². The lowest BCUT2D eigenvalue weighted by Gasteiger charge is -2.18. The Labute approximate surface area is 171 Å². The van der Waals surface area contributed by atoms with Crippen LogP contribution in [-0.2, 0) is 17.9 Å². The summed E-state index contributed by atoms with van der Waals surface area (Å²) in [5, 5.41) is 6.87. The third-order valence-electron chi connectivity index (χ3n) is 5.40. The Bertz CT molecular complexity index is 629. The summed E-state index contributed by atoms with van der Waals surface area (Å²) < 4.78 is 0. The summed E-state index contributed by atoms with van der Waals surface area (Å²) in [5.74, 6) is 1.86. The fourth-order valence-corrected chi connectivity index (χ4v) is 3.61. The van der Waals surface area contributed by atoms with E-state index in [1.165, 1.54) is 36.8 Å². The molecule has 0 radical (unpaired) electrons. The van der Waals surface area contributed by atoms with Crippen LogP contribution < -0.4 is 10.6 Å². The Morgan fingerprint density at radius 2 is 2.04 bits per heavy atom. The minimum Gasteiger partial charge on any atom is -0.357 e. The number of aliphatic imine (C=N–C) groups is 1. The lowest BCUT2D eigenvalue weighted by molar-refractivity contribution is -0.128. The van der Waals surface area contributed by atoms with Crippen LogP contribution in [-0.4, -0.2) is 36.4 Å². The quantitative estimate of drug-likeness (QED) is 0.445. The number of carbonyl (C=O) groups excluding carboxylic acids is 1. The molecular formula is C23H38N4O. The van der Waals surface area contributed by atoms with E-state index in [1.807, 2.05) is 4.90 Å². The maximum Gasteiger partial charge on any atom is 0.222 e. The van der Waals surface area contributed by atoms with Crippen molar-refractivity contribution in [2.45, 2.75) is 72.4 Å². The average molecular weight is 387 g/mol. The second-order valence-electron chi connectivity index (χ2n) is 7.73. The zero-order valence-corrected chi connectivity index (χ0v) is 18.0. The number of benzene rings is 1. The normalized spacial score (nSPS) is 15.8. The zero-order chi connectivity index (χ0) is 20.2. The van der Waals surface area contributed by atoms with Gasteiger partial charge in [0.1, 0.15) is 0 Å². The van der Waals surface area contributed by atoms with Gasteiger partial charge in [0.25, 0.3) is 0 Å². The van der Waals surface area contributed by atoms with Crippen LogP contribution in [0.1, 0.15) is 70.4 Å². The van der Waals surface area contributed by atoms with Crippen LogP contribution in [0.25, 0.3) is 0 Å². The number of hydrogen-bond acceptors (Lipinski definition) is 2. The van der Waals surface area contributed by atoms with Gasteiger partial charge in [0.05, 0.1) is 6.54 Å². The molecule has 1 atom stereocenters. The summed E-state index contributed by atoms with van der Waals surface area (Å²) in [6.07, 6.45) is 6.70. The molecule has 0 spiro atoms. The van der Waals surface area contributed by atoms with Gasteiger partial charge in [0.2, 0.25) is 5.91 Å². The van der Waals surface area contributed by atoms with Gasteiger partial charge in [-0.1, -0.05) is 57.4 Å². The van der Waals surface area contributed by atoms with E-state index in [1.54, 1.807) is 0 Å². The Hall–Kier alpha value is -2.04.